The fourth-order valence-electron chi connectivity index (χ4n) is 10.5. The monoisotopic (exact) mass is 879 g/mol. The van der Waals surface area contributed by atoms with Gasteiger partial charge in [0.15, 0.2) is 18.5 Å². The Morgan fingerprint density at radius 1 is 1.03 bits per heavy atom. The zero-order valence-corrected chi connectivity index (χ0v) is 38.1. The second kappa shape index (κ2) is 18.6. The van der Waals surface area contributed by atoms with E-state index < -0.39 is 89.6 Å². The summed E-state index contributed by atoms with van der Waals surface area (Å²) in [4.78, 5) is 66.4. The molecule has 346 valence electrons. The van der Waals surface area contributed by atoms with Crippen LogP contribution in [-0.4, -0.2) is 147 Å². The summed E-state index contributed by atoms with van der Waals surface area (Å²) in [7, 11) is 3.81. The van der Waals surface area contributed by atoms with Crippen molar-refractivity contribution in [2.24, 2.45) is 34.7 Å². The predicted molar refractivity (Wildman–Crippen MR) is 229 cm³/mol. The first kappa shape index (κ1) is 46.7. The molecule has 3 N–H and O–H groups in total. The number of likely N-dealkylation sites (N-methyl/N-ethyl adjacent to an activating group) is 1. The van der Waals surface area contributed by atoms with Crippen molar-refractivity contribution in [3.05, 3.63) is 36.3 Å². The van der Waals surface area contributed by atoms with Crippen LogP contribution in [0, 0.1) is 29.6 Å². The maximum Gasteiger partial charge on any atom is 0.411 e. The molecule has 5 fully saturated rings. The number of ketones is 1. The number of carbonyl (C=O) groups excluding carboxylic acids is 3. The summed E-state index contributed by atoms with van der Waals surface area (Å²) in [6.07, 6.45) is -1.55. The number of hydrogen-bond acceptors (Lipinski definition) is 17. The number of aliphatic hydroxyl groups excluding tert-OH is 1. The first-order valence-electron chi connectivity index (χ1n) is 22.2. The Kier molecular flexibility index (Phi) is 13.8. The first-order valence-corrected chi connectivity index (χ1v) is 22.2. The molecular formula is C45H65N7O11. The average molecular weight is 880 g/mol. The van der Waals surface area contributed by atoms with Crippen molar-refractivity contribution in [2.75, 3.05) is 39.6 Å². The van der Waals surface area contributed by atoms with Gasteiger partial charge in [0.1, 0.15) is 29.5 Å². The van der Waals surface area contributed by atoms with Crippen molar-refractivity contribution in [1.29, 1.82) is 0 Å². The van der Waals surface area contributed by atoms with Crippen molar-refractivity contribution in [3.8, 4) is 11.4 Å². The lowest BCUT2D eigenvalue weighted by atomic mass is 9.73. The van der Waals surface area contributed by atoms with E-state index >= 15 is 0 Å². The molecule has 0 radical (unpaired) electrons. The maximum atomic E-state index is 14.9. The van der Waals surface area contributed by atoms with E-state index in [1.165, 1.54) is 11.1 Å². The Labute approximate surface area is 369 Å². The Morgan fingerprint density at radius 2 is 1.79 bits per heavy atom. The third-order valence-corrected chi connectivity index (χ3v) is 13.9. The van der Waals surface area contributed by atoms with Crippen LogP contribution in [0.15, 0.2) is 35.7 Å². The van der Waals surface area contributed by atoms with Gasteiger partial charge in [0.25, 0.3) is 0 Å². The standard InChI is InChI=1S/C45H65N7O11/c1-11-34-45(8)39-25(4)36(53)23(2)16-44(7)40(62-42-37(54)33(51(9)10)15-24(3)60-42)26(5)38(27(6)41(55)61-34)57-20-28(21-58-44)32(19-52(39)43(56)63-45)50-59-22-29-13-12-14-30(49-29)31-17-48-35(46)18-47-31/h12-14,17-18,23-28,33-34,37-40,42,54H,11,15-16,19-22H2,1-10H3,(H2,46,48)/b50-32-/t23-,24-,25+,26+,27-,28?,33+,34-,37-,38+,39+,40-,42+,44?,45?/m1/s1. The van der Waals surface area contributed by atoms with Gasteiger partial charge in [0.05, 0.1) is 85.1 Å². The van der Waals surface area contributed by atoms with E-state index in [-0.39, 0.29) is 56.5 Å². The van der Waals surface area contributed by atoms with Crippen LogP contribution in [0.2, 0.25) is 0 Å². The van der Waals surface area contributed by atoms with E-state index in [0.29, 0.717) is 35.6 Å². The van der Waals surface area contributed by atoms with Gasteiger partial charge in [-0.2, -0.15) is 0 Å². The number of oxime groups is 1. The van der Waals surface area contributed by atoms with Crippen molar-refractivity contribution in [2.45, 2.75) is 141 Å². The Balaban J connectivity index is 1.35. The number of amides is 1. The fourth-order valence-corrected chi connectivity index (χ4v) is 10.5. The molecule has 6 bridgehead atoms. The SMILES string of the molecule is CC[C@H]1OC(=O)[C@H](C)[C@H]2OCC3COC(C)(C[C@@H](C)C(=O)[C@H](C)[C@@H]4N(C/C3=N/OCc3cccc(-c5cnc(N)cn5)n3)C(=O)OC41C)[C@H](O[C@@H]1O[C@H](C)C[C@H](N(C)C)[C@H]1O)[C@H]2C. The summed E-state index contributed by atoms with van der Waals surface area (Å²) in [5.74, 6) is -3.88. The molecule has 0 aliphatic carbocycles. The molecule has 0 saturated carbocycles. The van der Waals surface area contributed by atoms with Gasteiger partial charge in [0.2, 0.25) is 0 Å². The molecule has 1 amide bonds. The van der Waals surface area contributed by atoms with Crippen molar-refractivity contribution in [3.63, 3.8) is 0 Å². The number of Topliss-reactive ketones (excluding diaryl/α,β-unsaturated/α-hetero) is 1. The van der Waals surface area contributed by atoms with Crippen LogP contribution >= 0.6 is 0 Å². The number of carbonyl (C=O) groups is 3. The number of hydrogen-bond donors (Lipinski definition) is 2. The van der Waals surface area contributed by atoms with Gasteiger partial charge in [-0.3, -0.25) is 14.5 Å². The van der Waals surface area contributed by atoms with Crippen molar-refractivity contribution < 1.29 is 52.7 Å². The van der Waals surface area contributed by atoms with Gasteiger partial charge in [-0.1, -0.05) is 38.9 Å². The van der Waals surface area contributed by atoms with Crippen LogP contribution in [0.5, 0.6) is 0 Å². The number of aliphatic hydroxyl groups is 1. The third-order valence-electron chi connectivity index (χ3n) is 13.9. The molecule has 5 saturated heterocycles. The Hall–Kier alpha value is -4.33. The fraction of sp³-hybridized carbons (Fsp3) is 0.711. The van der Waals surface area contributed by atoms with Crippen molar-refractivity contribution >= 4 is 29.4 Å². The van der Waals surface area contributed by atoms with Gasteiger partial charge in [0, 0.05) is 29.7 Å². The molecule has 7 rings (SSSR count). The number of rotatable bonds is 8. The molecule has 18 heteroatoms. The van der Waals surface area contributed by atoms with Gasteiger partial charge in [-0.05, 0) is 73.2 Å². The molecule has 5 aliphatic rings. The molecule has 7 heterocycles. The molecule has 5 aliphatic heterocycles. The average Bonchev–Trinajstić information content (AvgIpc) is 3.52. The van der Waals surface area contributed by atoms with E-state index in [9.17, 15) is 19.5 Å². The normalized spacial score (nSPS) is 39.6. The van der Waals surface area contributed by atoms with Crippen molar-refractivity contribution in [1.82, 2.24) is 24.8 Å². The number of nitrogens with two attached hydrogens (primary N) is 1. The lowest BCUT2D eigenvalue weighted by molar-refractivity contribution is -0.302. The first-order chi connectivity index (χ1) is 29.8. The summed E-state index contributed by atoms with van der Waals surface area (Å²) >= 11 is 0. The smallest absolute Gasteiger partial charge is 0.411 e. The molecular weight excluding hydrogens is 815 g/mol. The molecule has 0 spiro atoms. The minimum absolute atomic E-state index is 0.00401. The zero-order valence-electron chi connectivity index (χ0n) is 38.1. The van der Waals surface area contributed by atoms with E-state index in [1.54, 1.807) is 39.1 Å². The molecule has 63 heavy (non-hydrogen) atoms. The number of fused-ring (bicyclic) bond motifs is 5. The van der Waals surface area contributed by atoms with Crippen LogP contribution < -0.4 is 5.73 Å². The summed E-state index contributed by atoms with van der Waals surface area (Å²) in [6.45, 7) is 14.7. The van der Waals surface area contributed by atoms with E-state index in [4.69, 9.17) is 49.1 Å². The molecule has 3 unspecified atom stereocenters. The highest BCUT2D eigenvalue weighted by Gasteiger charge is 2.61. The highest BCUT2D eigenvalue weighted by Crippen LogP contribution is 2.45. The molecule has 2 aromatic heterocycles. The second-order valence-electron chi connectivity index (χ2n) is 18.8. The van der Waals surface area contributed by atoms with Crippen LogP contribution in [0.3, 0.4) is 0 Å². The Morgan fingerprint density at radius 3 is 2.49 bits per heavy atom. The van der Waals surface area contributed by atoms with E-state index in [2.05, 4.69) is 9.97 Å². The number of ether oxygens (including phenoxy) is 6. The molecule has 15 atom stereocenters. The molecule has 0 aromatic carbocycles. The summed E-state index contributed by atoms with van der Waals surface area (Å²) in [5, 5.41) is 16.5. The third kappa shape index (κ3) is 9.29. The molecule has 18 nitrogen and oxygen atoms in total. The van der Waals surface area contributed by atoms with Gasteiger partial charge >= 0.3 is 12.1 Å². The lowest BCUT2D eigenvalue weighted by Gasteiger charge is -2.48. The second-order valence-corrected chi connectivity index (χ2v) is 18.8. The number of nitrogens with zero attached hydrogens (tertiary/aromatic N) is 6. The number of pyridine rings is 1. The van der Waals surface area contributed by atoms with Crippen LogP contribution in [0.4, 0.5) is 10.6 Å². The zero-order chi connectivity index (χ0) is 45.5. The number of anilines is 1. The van der Waals surface area contributed by atoms with Gasteiger partial charge < -0.3 is 49.0 Å². The highest BCUT2D eigenvalue weighted by atomic mass is 16.7. The quantitative estimate of drug-likeness (QED) is 0.283. The highest BCUT2D eigenvalue weighted by molar-refractivity contribution is 5.92. The topological polar surface area (TPSA) is 220 Å². The molecule has 2 aromatic rings. The van der Waals surface area contributed by atoms with Gasteiger partial charge in [-0.25, -0.2) is 19.7 Å². The van der Waals surface area contributed by atoms with Crippen LogP contribution in [0.1, 0.15) is 80.3 Å². The number of nitrogen functional groups attached to an aromatic ring is 1. The maximum absolute atomic E-state index is 14.9. The summed E-state index contributed by atoms with van der Waals surface area (Å²) in [5.41, 5.74) is 5.14. The number of esters is 1. The Bertz CT molecular complexity index is 2010. The van der Waals surface area contributed by atoms with Crippen LogP contribution in [0.25, 0.3) is 11.4 Å². The minimum Gasteiger partial charge on any atom is -0.458 e. The number of cyclic esters (lactones) is 1. The van der Waals surface area contributed by atoms with E-state index in [1.807, 2.05) is 59.7 Å². The summed E-state index contributed by atoms with van der Waals surface area (Å²) in [6, 6.07) is 4.28. The van der Waals surface area contributed by atoms with Gasteiger partial charge in [-0.15, -0.1) is 0 Å². The summed E-state index contributed by atoms with van der Waals surface area (Å²) < 4.78 is 39.9. The largest absolute Gasteiger partial charge is 0.458 e. The predicted octanol–water partition coefficient (Wildman–Crippen LogP) is 4.03. The lowest BCUT2D eigenvalue weighted by Crippen LogP contribution is -2.61. The van der Waals surface area contributed by atoms with E-state index in [0.717, 1.165) is 0 Å². The minimum atomic E-state index is -1.42. The number of aromatic nitrogens is 3. The van der Waals surface area contributed by atoms with Crippen LogP contribution in [-0.2, 0) is 49.5 Å².